The summed E-state index contributed by atoms with van der Waals surface area (Å²) in [5.41, 5.74) is 6.44. The Morgan fingerprint density at radius 3 is 2.65 bits per heavy atom. The van der Waals surface area contributed by atoms with Gasteiger partial charge in [-0.1, -0.05) is 26.0 Å². The van der Waals surface area contributed by atoms with Crippen molar-refractivity contribution in [1.29, 1.82) is 0 Å². The summed E-state index contributed by atoms with van der Waals surface area (Å²) in [6.07, 6.45) is 0. The van der Waals surface area contributed by atoms with Gasteiger partial charge in [-0.25, -0.2) is 9.78 Å². The zero-order valence-corrected chi connectivity index (χ0v) is 11.8. The van der Waals surface area contributed by atoms with E-state index in [-0.39, 0.29) is 17.8 Å². The summed E-state index contributed by atoms with van der Waals surface area (Å²) in [6.45, 7) is 3.86. The second-order valence-corrected chi connectivity index (χ2v) is 4.84. The lowest BCUT2D eigenvalue weighted by Crippen LogP contribution is -2.36. The van der Waals surface area contributed by atoms with Gasteiger partial charge in [-0.15, -0.1) is 0 Å². The monoisotopic (exact) mass is 274 g/mol. The maximum atomic E-state index is 11.8. The van der Waals surface area contributed by atoms with E-state index in [0.717, 1.165) is 10.9 Å². The van der Waals surface area contributed by atoms with Crippen molar-refractivity contribution < 1.29 is 9.53 Å². The van der Waals surface area contributed by atoms with Crippen LogP contribution in [0.25, 0.3) is 10.9 Å². The average Bonchev–Trinajstić information content (AvgIpc) is 2.43. The molecule has 0 saturated heterocycles. The third kappa shape index (κ3) is 2.79. The predicted molar refractivity (Wildman–Crippen MR) is 78.2 cm³/mol. The van der Waals surface area contributed by atoms with Gasteiger partial charge in [0.25, 0.3) is 0 Å². The highest BCUT2D eigenvalue weighted by atomic mass is 16.5. The van der Waals surface area contributed by atoms with Gasteiger partial charge in [0.2, 0.25) is 5.95 Å². The number of hydrogen-bond acceptors (Lipinski definition) is 6. The van der Waals surface area contributed by atoms with E-state index in [4.69, 9.17) is 10.5 Å². The molecule has 2 aromatic rings. The molecule has 1 atom stereocenters. The molecule has 0 radical (unpaired) electrons. The van der Waals surface area contributed by atoms with Crippen LogP contribution < -0.4 is 11.1 Å². The van der Waals surface area contributed by atoms with Gasteiger partial charge < -0.3 is 15.8 Å². The van der Waals surface area contributed by atoms with Crippen LogP contribution in [0.5, 0.6) is 0 Å². The Hall–Kier alpha value is -2.37. The van der Waals surface area contributed by atoms with Crippen LogP contribution in [0.15, 0.2) is 24.3 Å². The average molecular weight is 274 g/mol. The number of hydrogen-bond donors (Lipinski definition) is 2. The van der Waals surface area contributed by atoms with Crippen LogP contribution >= 0.6 is 0 Å². The minimum Gasteiger partial charge on any atom is -0.467 e. The molecule has 20 heavy (non-hydrogen) atoms. The van der Waals surface area contributed by atoms with E-state index < -0.39 is 6.04 Å². The normalized spacial score (nSPS) is 12.4. The number of fused-ring (bicyclic) bond motifs is 1. The van der Waals surface area contributed by atoms with Crippen molar-refractivity contribution in [2.75, 3.05) is 18.2 Å². The second-order valence-electron chi connectivity index (χ2n) is 4.84. The minimum absolute atomic E-state index is 0.0532. The van der Waals surface area contributed by atoms with E-state index in [1.165, 1.54) is 7.11 Å². The van der Waals surface area contributed by atoms with E-state index in [0.29, 0.717) is 5.82 Å². The van der Waals surface area contributed by atoms with E-state index in [1.54, 1.807) is 0 Å². The molecular weight excluding hydrogens is 256 g/mol. The lowest BCUT2D eigenvalue weighted by molar-refractivity contribution is -0.142. The highest BCUT2D eigenvalue weighted by Gasteiger charge is 2.24. The van der Waals surface area contributed by atoms with Gasteiger partial charge in [-0.05, 0) is 18.1 Å². The van der Waals surface area contributed by atoms with Crippen molar-refractivity contribution in [3.8, 4) is 0 Å². The van der Waals surface area contributed by atoms with Crippen LogP contribution in [-0.4, -0.2) is 29.1 Å². The molecule has 1 heterocycles. The van der Waals surface area contributed by atoms with E-state index in [1.807, 2.05) is 38.1 Å². The van der Waals surface area contributed by atoms with Crippen LogP contribution in [0.1, 0.15) is 13.8 Å². The number of nitrogens with two attached hydrogens (primary N) is 1. The number of nitrogens with one attached hydrogen (secondary N) is 1. The molecule has 0 saturated carbocycles. The fourth-order valence-electron chi connectivity index (χ4n) is 1.98. The second kappa shape index (κ2) is 5.73. The van der Waals surface area contributed by atoms with Crippen molar-refractivity contribution in [1.82, 2.24) is 9.97 Å². The summed E-state index contributed by atoms with van der Waals surface area (Å²) in [4.78, 5) is 20.2. The highest BCUT2D eigenvalue weighted by Crippen LogP contribution is 2.22. The summed E-state index contributed by atoms with van der Waals surface area (Å²) < 4.78 is 4.81. The standard InChI is InChI=1S/C14H18N4O2/c1-8(2)11(13(19)20-3)17-12-9-6-4-5-7-10(9)16-14(15)18-12/h4-8,11H,1-3H3,(H3,15,16,17,18). The Balaban J connectivity index is 2.44. The van der Waals surface area contributed by atoms with Crippen LogP contribution in [0.3, 0.4) is 0 Å². The number of ether oxygens (including phenoxy) is 1. The number of anilines is 2. The Kier molecular flexibility index (Phi) is 4.02. The fourth-order valence-corrected chi connectivity index (χ4v) is 1.98. The molecule has 0 amide bonds. The zero-order valence-electron chi connectivity index (χ0n) is 11.8. The van der Waals surface area contributed by atoms with Gasteiger partial charge >= 0.3 is 5.97 Å². The number of para-hydroxylation sites is 1. The largest absolute Gasteiger partial charge is 0.467 e. The molecule has 6 heteroatoms. The maximum Gasteiger partial charge on any atom is 0.328 e. The van der Waals surface area contributed by atoms with Gasteiger partial charge in [0.15, 0.2) is 0 Å². The van der Waals surface area contributed by atoms with Crippen LogP contribution in [0.4, 0.5) is 11.8 Å². The SMILES string of the molecule is COC(=O)C(Nc1nc(N)nc2ccccc12)C(C)C. The number of methoxy groups -OCH3 is 1. The first-order valence-corrected chi connectivity index (χ1v) is 6.39. The number of aromatic nitrogens is 2. The molecule has 0 spiro atoms. The van der Waals surface area contributed by atoms with E-state index in [9.17, 15) is 4.79 Å². The van der Waals surface area contributed by atoms with Gasteiger partial charge in [0.1, 0.15) is 11.9 Å². The quantitative estimate of drug-likeness (QED) is 0.826. The molecule has 3 N–H and O–H groups in total. The van der Waals surface area contributed by atoms with Crippen molar-refractivity contribution >= 4 is 28.6 Å². The Labute approximate surface area is 117 Å². The van der Waals surface area contributed by atoms with Crippen molar-refractivity contribution in [2.24, 2.45) is 5.92 Å². The zero-order chi connectivity index (χ0) is 14.7. The number of nitrogen functional groups attached to an aromatic ring is 1. The Morgan fingerprint density at radius 1 is 1.30 bits per heavy atom. The molecule has 6 nitrogen and oxygen atoms in total. The van der Waals surface area contributed by atoms with Crippen molar-refractivity contribution in [2.45, 2.75) is 19.9 Å². The maximum absolute atomic E-state index is 11.8. The Morgan fingerprint density at radius 2 is 2.00 bits per heavy atom. The van der Waals surface area contributed by atoms with Gasteiger partial charge in [-0.2, -0.15) is 4.98 Å². The summed E-state index contributed by atoms with van der Waals surface area (Å²) in [5, 5.41) is 3.92. The molecule has 1 aromatic carbocycles. The summed E-state index contributed by atoms with van der Waals surface area (Å²) in [6, 6.07) is 7.00. The molecule has 106 valence electrons. The number of rotatable bonds is 4. The lowest BCUT2D eigenvalue weighted by Gasteiger charge is -2.21. The van der Waals surface area contributed by atoms with Crippen molar-refractivity contribution in [3.05, 3.63) is 24.3 Å². The lowest BCUT2D eigenvalue weighted by atomic mass is 10.0. The van der Waals surface area contributed by atoms with Crippen LogP contribution in [-0.2, 0) is 9.53 Å². The highest BCUT2D eigenvalue weighted by molar-refractivity contribution is 5.91. The number of carbonyl (C=O) groups excluding carboxylic acids is 1. The summed E-state index contributed by atoms with van der Waals surface area (Å²) in [5.74, 6) is 0.425. The summed E-state index contributed by atoms with van der Waals surface area (Å²) in [7, 11) is 1.37. The molecular formula is C14H18N4O2. The summed E-state index contributed by atoms with van der Waals surface area (Å²) >= 11 is 0. The number of esters is 1. The molecule has 2 rings (SSSR count). The Bertz CT molecular complexity index is 628. The molecule has 1 unspecified atom stereocenters. The molecule has 0 fully saturated rings. The topological polar surface area (TPSA) is 90.1 Å². The molecule has 0 aliphatic rings. The smallest absolute Gasteiger partial charge is 0.328 e. The molecule has 0 aliphatic carbocycles. The molecule has 1 aromatic heterocycles. The molecule has 0 bridgehead atoms. The third-order valence-electron chi connectivity index (χ3n) is 3.03. The van der Waals surface area contributed by atoms with E-state index >= 15 is 0 Å². The fraction of sp³-hybridized carbons (Fsp3) is 0.357. The first-order chi connectivity index (χ1) is 9.52. The van der Waals surface area contributed by atoms with Gasteiger partial charge in [0.05, 0.1) is 12.6 Å². The van der Waals surface area contributed by atoms with Crippen molar-refractivity contribution in [3.63, 3.8) is 0 Å². The van der Waals surface area contributed by atoms with Crippen LogP contribution in [0.2, 0.25) is 0 Å². The van der Waals surface area contributed by atoms with E-state index in [2.05, 4.69) is 15.3 Å². The minimum atomic E-state index is -0.488. The predicted octanol–water partition coefficient (Wildman–Crippen LogP) is 1.82. The number of benzene rings is 1. The number of nitrogens with zero attached hydrogens (tertiary/aromatic N) is 2. The number of carbonyl (C=O) groups is 1. The first-order valence-electron chi connectivity index (χ1n) is 6.39. The van der Waals surface area contributed by atoms with Crippen LogP contribution in [0, 0.1) is 5.92 Å². The van der Waals surface area contributed by atoms with Gasteiger partial charge in [-0.3, -0.25) is 0 Å². The third-order valence-corrected chi connectivity index (χ3v) is 3.03. The van der Waals surface area contributed by atoms with Gasteiger partial charge in [0, 0.05) is 5.39 Å². The first kappa shape index (κ1) is 14.0. The molecule has 0 aliphatic heterocycles.